The Morgan fingerprint density at radius 3 is 2.68 bits per heavy atom. The maximum atomic E-state index is 13.0. The molecular weight excluding hydrogens is 415 g/mol. The molecule has 28 heavy (non-hydrogen) atoms. The molecule has 1 aromatic heterocycles. The van der Waals surface area contributed by atoms with E-state index in [1.165, 1.54) is 12.1 Å². The number of nitrogens with one attached hydrogen (secondary N) is 1. The highest BCUT2D eigenvalue weighted by atomic mass is 35.5. The van der Waals surface area contributed by atoms with E-state index in [0.29, 0.717) is 16.3 Å². The molecule has 140 valence electrons. The van der Waals surface area contributed by atoms with Crippen molar-refractivity contribution in [2.75, 3.05) is 5.32 Å². The van der Waals surface area contributed by atoms with Gasteiger partial charge in [-0.1, -0.05) is 47.6 Å². The van der Waals surface area contributed by atoms with Crippen molar-refractivity contribution in [3.8, 4) is 0 Å². The minimum absolute atomic E-state index is 0.236. The number of hydrogen-bond acceptors (Lipinski definition) is 4. The third kappa shape index (κ3) is 4.35. The first-order valence-electron chi connectivity index (χ1n) is 8.42. The minimum Gasteiger partial charge on any atom is -0.322 e. The number of fused-ring (bicyclic) bond motifs is 1. The largest absolute Gasteiger partial charge is 0.322 e. The van der Waals surface area contributed by atoms with Crippen molar-refractivity contribution in [3.63, 3.8) is 0 Å². The predicted molar refractivity (Wildman–Crippen MR) is 115 cm³/mol. The van der Waals surface area contributed by atoms with E-state index < -0.39 is 0 Å². The second kappa shape index (κ2) is 8.31. The molecule has 4 aromatic rings. The highest BCUT2D eigenvalue weighted by molar-refractivity contribution is 8.00. The Bertz CT molecular complexity index is 1140. The lowest BCUT2D eigenvalue weighted by Crippen LogP contribution is -2.12. The van der Waals surface area contributed by atoms with Crippen LogP contribution in [0.1, 0.15) is 15.9 Å². The molecule has 0 bridgehead atoms. The van der Waals surface area contributed by atoms with E-state index in [2.05, 4.69) is 10.3 Å². The molecule has 4 rings (SSSR count). The fourth-order valence-electron chi connectivity index (χ4n) is 2.61. The molecule has 7 heteroatoms. The Morgan fingerprint density at radius 1 is 1.11 bits per heavy atom. The summed E-state index contributed by atoms with van der Waals surface area (Å²) >= 11 is 9.25. The van der Waals surface area contributed by atoms with Gasteiger partial charge in [0.2, 0.25) is 0 Å². The summed E-state index contributed by atoms with van der Waals surface area (Å²) in [6.07, 6.45) is 0. The van der Waals surface area contributed by atoms with Crippen molar-refractivity contribution in [3.05, 3.63) is 88.7 Å². The van der Waals surface area contributed by atoms with E-state index >= 15 is 0 Å². The first-order chi connectivity index (χ1) is 13.6. The zero-order valence-corrected chi connectivity index (χ0v) is 16.9. The van der Waals surface area contributed by atoms with Gasteiger partial charge in [0.05, 0.1) is 20.8 Å². The van der Waals surface area contributed by atoms with Crippen LogP contribution < -0.4 is 5.32 Å². The molecule has 0 spiro atoms. The molecule has 3 aromatic carbocycles. The molecule has 0 saturated carbocycles. The topological polar surface area (TPSA) is 42.0 Å². The van der Waals surface area contributed by atoms with Crippen LogP contribution in [0.2, 0.25) is 5.02 Å². The van der Waals surface area contributed by atoms with Gasteiger partial charge in [0.1, 0.15) is 5.82 Å². The lowest BCUT2D eigenvalue weighted by Gasteiger charge is -2.06. The van der Waals surface area contributed by atoms with Gasteiger partial charge >= 0.3 is 0 Å². The molecule has 1 amide bonds. The zero-order chi connectivity index (χ0) is 19.5. The monoisotopic (exact) mass is 428 g/mol. The van der Waals surface area contributed by atoms with Gasteiger partial charge in [-0.3, -0.25) is 4.79 Å². The minimum atomic E-state index is -0.250. The standard InChI is InChI=1S/C21H14ClFN2OS2/c22-17-4-2-1-3-16(17)20(26)24-15-9-10-18-19(11-15)28-21(25-18)27-12-13-5-7-14(23)8-6-13/h1-11H,12H2,(H,24,26). The number of hydrogen-bond donors (Lipinski definition) is 1. The number of thiazole rings is 1. The summed E-state index contributed by atoms with van der Waals surface area (Å²) in [4.78, 5) is 17.0. The average molecular weight is 429 g/mol. The molecule has 0 atom stereocenters. The molecule has 0 unspecified atom stereocenters. The number of aromatic nitrogens is 1. The average Bonchev–Trinajstić information content (AvgIpc) is 3.10. The van der Waals surface area contributed by atoms with E-state index in [9.17, 15) is 9.18 Å². The second-order valence-electron chi connectivity index (χ2n) is 6.01. The van der Waals surface area contributed by atoms with E-state index in [-0.39, 0.29) is 11.7 Å². The maximum Gasteiger partial charge on any atom is 0.257 e. The Labute approximate surface area is 174 Å². The number of halogens is 2. The molecule has 1 N–H and O–H groups in total. The number of rotatable bonds is 5. The number of carbonyl (C=O) groups excluding carboxylic acids is 1. The summed E-state index contributed by atoms with van der Waals surface area (Å²) in [5.74, 6) is 0.233. The van der Waals surface area contributed by atoms with Crippen molar-refractivity contribution < 1.29 is 9.18 Å². The van der Waals surface area contributed by atoms with Crippen LogP contribution in [0.4, 0.5) is 10.1 Å². The highest BCUT2D eigenvalue weighted by Crippen LogP contribution is 2.33. The first-order valence-corrected chi connectivity index (χ1v) is 10.6. The van der Waals surface area contributed by atoms with Crippen LogP contribution in [0.3, 0.4) is 0 Å². The van der Waals surface area contributed by atoms with Gasteiger partial charge in [-0.05, 0) is 48.0 Å². The number of thioether (sulfide) groups is 1. The second-order valence-corrected chi connectivity index (χ2v) is 8.67. The van der Waals surface area contributed by atoms with Gasteiger partial charge in [-0.15, -0.1) is 11.3 Å². The SMILES string of the molecule is O=C(Nc1ccc2nc(SCc3ccc(F)cc3)sc2c1)c1ccccc1Cl. The summed E-state index contributed by atoms with van der Waals surface area (Å²) in [6.45, 7) is 0. The van der Waals surface area contributed by atoms with Gasteiger partial charge in [0.15, 0.2) is 4.34 Å². The molecule has 0 aliphatic carbocycles. The van der Waals surface area contributed by atoms with Gasteiger partial charge in [0, 0.05) is 11.4 Å². The summed E-state index contributed by atoms with van der Waals surface area (Å²) in [7, 11) is 0. The van der Waals surface area contributed by atoms with E-state index in [1.54, 1.807) is 59.5 Å². The molecule has 0 fully saturated rings. The molecule has 0 aliphatic rings. The van der Waals surface area contributed by atoms with Gasteiger partial charge in [-0.25, -0.2) is 9.37 Å². The lowest BCUT2D eigenvalue weighted by atomic mass is 10.2. The molecule has 3 nitrogen and oxygen atoms in total. The fraction of sp³-hybridized carbons (Fsp3) is 0.0476. The molecular formula is C21H14ClFN2OS2. The van der Waals surface area contributed by atoms with E-state index in [0.717, 1.165) is 25.9 Å². The smallest absolute Gasteiger partial charge is 0.257 e. The highest BCUT2D eigenvalue weighted by Gasteiger charge is 2.11. The number of amides is 1. The third-order valence-electron chi connectivity index (χ3n) is 4.02. The molecule has 0 aliphatic heterocycles. The predicted octanol–water partition coefficient (Wildman–Crippen LogP) is 6.63. The van der Waals surface area contributed by atoms with Crippen LogP contribution in [0, 0.1) is 5.82 Å². The quantitative estimate of drug-likeness (QED) is 0.362. The van der Waals surface area contributed by atoms with Crippen LogP contribution in [-0.4, -0.2) is 10.9 Å². The Morgan fingerprint density at radius 2 is 1.89 bits per heavy atom. The first kappa shape index (κ1) is 18.9. The normalized spacial score (nSPS) is 10.9. The Balaban J connectivity index is 1.47. The summed E-state index contributed by atoms with van der Waals surface area (Å²) < 4.78 is 14.9. The number of carbonyl (C=O) groups is 1. The molecule has 0 saturated heterocycles. The van der Waals surface area contributed by atoms with Crippen molar-refractivity contribution >= 4 is 56.5 Å². The van der Waals surface area contributed by atoms with E-state index in [1.807, 2.05) is 18.2 Å². The van der Waals surface area contributed by atoms with Crippen LogP contribution in [0.25, 0.3) is 10.2 Å². The third-order valence-corrected chi connectivity index (χ3v) is 6.58. The van der Waals surface area contributed by atoms with Crippen molar-refractivity contribution in [2.45, 2.75) is 10.1 Å². The molecule has 1 heterocycles. The van der Waals surface area contributed by atoms with Crippen LogP contribution >= 0.6 is 34.7 Å². The van der Waals surface area contributed by atoms with Crippen LogP contribution in [0.15, 0.2) is 71.1 Å². The summed E-state index contributed by atoms with van der Waals surface area (Å²) in [6, 6.07) is 19.0. The van der Waals surface area contributed by atoms with Gasteiger partial charge in [-0.2, -0.15) is 0 Å². The van der Waals surface area contributed by atoms with Crippen molar-refractivity contribution in [1.29, 1.82) is 0 Å². The zero-order valence-electron chi connectivity index (χ0n) is 14.5. The van der Waals surface area contributed by atoms with Crippen LogP contribution in [-0.2, 0) is 5.75 Å². The molecule has 0 radical (unpaired) electrons. The lowest BCUT2D eigenvalue weighted by molar-refractivity contribution is 0.102. The van der Waals surface area contributed by atoms with Gasteiger partial charge in [0.25, 0.3) is 5.91 Å². The van der Waals surface area contributed by atoms with Crippen LogP contribution in [0.5, 0.6) is 0 Å². The van der Waals surface area contributed by atoms with E-state index in [4.69, 9.17) is 11.6 Å². The summed E-state index contributed by atoms with van der Waals surface area (Å²) in [5.41, 5.74) is 3.04. The number of anilines is 1. The maximum absolute atomic E-state index is 13.0. The number of benzene rings is 3. The van der Waals surface area contributed by atoms with Gasteiger partial charge < -0.3 is 5.32 Å². The van der Waals surface area contributed by atoms with Crippen molar-refractivity contribution in [1.82, 2.24) is 4.98 Å². The van der Waals surface area contributed by atoms with Crippen molar-refractivity contribution in [2.24, 2.45) is 0 Å². The summed E-state index contributed by atoms with van der Waals surface area (Å²) in [5, 5.41) is 3.29. The fourth-order valence-corrected chi connectivity index (χ4v) is 4.90. The Hall–Kier alpha value is -2.41. The Kier molecular flexibility index (Phi) is 5.62. The number of nitrogens with zero attached hydrogens (tertiary/aromatic N) is 1.